The largest absolute Gasteiger partial charge is 0.336 e. The highest BCUT2D eigenvalue weighted by molar-refractivity contribution is 5.79. The molecule has 2 atom stereocenters. The van der Waals surface area contributed by atoms with E-state index in [1.54, 1.807) is 0 Å². The minimum Gasteiger partial charge on any atom is -0.336 e. The molecule has 1 aliphatic heterocycles. The van der Waals surface area contributed by atoms with Crippen LogP contribution in [0.15, 0.2) is 0 Å². The highest BCUT2D eigenvalue weighted by atomic mass is 16.2. The number of likely N-dealkylation sites (N-methyl/N-ethyl adjacent to an activating group) is 1. The molecule has 0 unspecified atom stereocenters. The van der Waals surface area contributed by atoms with Crippen LogP contribution in [-0.4, -0.2) is 61.5 Å². The van der Waals surface area contributed by atoms with E-state index in [1.165, 1.54) is 6.42 Å². The molecule has 4 nitrogen and oxygen atoms in total. The third kappa shape index (κ3) is 4.64. The van der Waals surface area contributed by atoms with Crippen LogP contribution in [0.2, 0.25) is 0 Å². The van der Waals surface area contributed by atoms with Crippen molar-refractivity contribution in [2.75, 3.05) is 33.7 Å². The SMILES string of the molecule is C[C@@H]1CCC[C@@H](C)N1C(=O)CNCCN(C)C. The lowest BCUT2D eigenvalue weighted by Crippen LogP contribution is -2.50. The van der Waals surface area contributed by atoms with E-state index in [0.29, 0.717) is 18.6 Å². The van der Waals surface area contributed by atoms with Crippen molar-refractivity contribution in [2.24, 2.45) is 0 Å². The van der Waals surface area contributed by atoms with E-state index in [-0.39, 0.29) is 5.91 Å². The normalized spacial score (nSPS) is 25.4. The fourth-order valence-corrected chi connectivity index (χ4v) is 2.50. The van der Waals surface area contributed by atoms with Gasteiger partial charge < -0.3 is 15.1 Å². The minimum atomic E-state index is 0.253. The number of hydrogen-bond acceptors (Lipinski definition) is 3. The average Bonchev–Trinajstić information content (AvgIpc) is 2.24. The maximum absolute atomic E-state index is 12.1. The molecule has 0 spiro atoms. The number of carbonyl (C=O) groups is 1. The van der Waals surface area contributed by atoms with Crippen molar-refractivity contribution in [1.82, 2.24) is 15.1 Å². The molecule has 100 valence electrons. The van der Waals surface area contributed by atoms with Crippen LogP contribution >= 0.6 is 0 Å². The number of nitrogens with zero attached hydrogens (tertiary/aromatic N) is 2. The summed E-state index contributed by atoms with van der Waals surface area (Å²) < 4.78 is 0. The molecular weight excluding hydrogens is 214 g/mol. The van der Waals surface area contributed by atoms with Gasteiger partial charge >= 0.3 is 0 Å². The van der Waals surface area contributed by atoms with Crippen LogP contribution < -0.4 is 5.32 Å². The molecule has 0 bridgehead atoms. The second kappa shape index (κ2) is 6.97. The lowest BCUT2D eigenvalue weighted by molar-refractivity contribution is -0.136. The number of hydrogen-bond donors (Lipinski definition) is 1. The molecule has 1 N–H and O–H groups in total. The highest BCUT2D eigenvalue weighted by Gasteiger charge is 2.28. The summed E-state index contributed by atoms with van der Waals surface area (Å²) in [4.78, 5) is 16.3. The van der Waals surface area contributed by atoms with Gasteiger partial charge in [0, 0.05) is 25.2 Å². The summed E-state index contributed by atoms with van der Waals surface area (Å²) in [5.41, 5.74) is 0. The topological polar surface area (TPSA) is 35.6 Å². The second-order valence-corrected chi connectivity index (χ2v) is 5.41. The number of rotatable bonds is 5. The zero-order chi connectivity index (χ0) is 12.8. The molecule has 1 aliphatic rings. The summed E-state index contributed by atoms with van der Waals surface area (Å²) in [6.07, 6.45) is 3.54. The Morgan fingerprint density at radius 3 is 2.41 bits per heavy atom. The Morgan fingerprint density at radius 2 is 1.88 bits per heavy atom. The summed E-state index contributed by atoms with van der Waals surface area (Å²) in [5.74, 6) is 0.253. The van der Waals surface area contributed by atoms with Crippen LogP contribution in [0.1, 0.15) is 33.1 Å². The molecule has 1 heterocycles. The van der Waals surface area contributed by atoms with Crippen molar-refractivity contribution >= 4 is 5.91 Å². The lowest BCUT2D eigenvalue weighted by Gasteiger charge is -2.39. The quantitative estimate of drug-likeness (QED) is 0.727. The van der Waals surface area contributed by atoms with Gasteiger partial charge in [0.2, 0.25) is 5.91 Å². The number of likely N-dealkylation sites (tertiary alicyclic amines) is 1. The molecule has 1 rings (SSSR count). The maximum atomic E-state index is 12.1. The van der Waals surface area contributed by atoms with Crippen molar-refractivity contribution in [3.63, 3.8) is 0 Å². The molecule has 17 heavy (non-hydrogen) atoms. The van der Waals surface area contributed by atoms with Crippen molar-refractivity contribution in [3.8, 4) is 0 Å². The Balaban J connectivity index is 2.30. The van der Waals surface area contributed by atoms with Crippen molar-refractivity contribution in [3.05, 3.63) is 0 Å². The van der Waals surface area contributed by atoms with Gasteiger partial charge in [-0.15, -0.1) is 0 Å². The van der Waals surface area contributed by atoms with Gasteiger partial charge in [-0.05, 0) is 47.2 Å². The average molecular weight is 241 g/mol. The Morgan fingerprint density at radius 1 is 1.29 bits per heavy atom. The van der Waals surface area contributed by atoms with Gasteiger partial charge in [-0.1, -0.05) is 0 Å². The van der Waals surface area contributed by atoms with Crippen LogP contribution in [0.25, 0.3) is 0 Å². The molecule has 0 radical (unpaired) electrons. The zero-order valence-electron chi connectivity index (χ0n) is 11.7. The van der Waals surface area contributed by atoms with Crippen LogP contribution in [0.5, 0.6) is 0 Å². The summed E-state index contributed by atoms with van der Waals surface area (Å²) >= 11 is 0. The van der Waals surface area contributed by atoms with Crippen LogP contribution in [-0.2, 0) is 4.79 Å². The first-order valence-electron chi connectivity index (χ1n) is 6.69. The first kappa shape index (κ1) is 14.5. The number of amides is 1. The fraction of sp³-hybridized carbons (Fsp3) is 0.923. The highest BCUT2D eigenvalue weighted by Crippen LogP contribution is 2.22. The van der Waals surface area contributed by atoms with Gasteiger partial charge in [-0.2, -0.15) is 0 Å². The van der Waals surface area contributed by atoms with Crippen LogP contribution in [0.3, 0.4) is 0 Å². The molecule has 0 aromatic carbocycles. The standard InChI is InChI=1S/C13H27N3O/c1-11-6-5-7-12(2)16(11)13(17)10-14-8-9-15(3)4/h11-12,14H,5-10H2,1-4H3/t11-,12-/m1/s1. The predicted molar refractivity (Wildman–Crippen MR) is 71.0 cm³/mol. The molecule has 1 fully saturated rings. The number of nitrogens with one attached hydrogen (secondary N) is 1. The van der Waals surface area contributed by atoms with Gasteiger partial charge in [0.25, 0.3) is 0 Å². The molecule has 1 amide bonds. The second-order valence-electron chi connectivity index (χ2n) is 5.41. The molecule has 1 saturated heterocycles. The molecule has 0 aliphatic carbocycles. The third-order valence-electron chi connectivity index (χ3n) is 3.49. The lowest BCUT2D eigenvalue weighted by atomic mass is 9.97. The van der Waals surface area contributed by atoms with E-state index < -0.39 is 0 Å². The number of piperidine rings is 1. The van der Waals surface area contributed by atoms with E-state index in [9.17, 15) is 4.79 Å². The van der Waals surface area contributed by atoms with E-state index in [0.717, 1.165) is 25.9 Å². The Bertz CT molecular complexity index is 233. The molecule has 0 aromatic heterocycles. The van der Waals surface area contributed by atoms with E-state index in [1.807, 2.05) is 14.1 Å². The monoisotopic (exact) mass is 241 g/mol. The third-order valence-corrected chi connectivity index (χ3v) is 3.49. The van der Waals surface area contributed by atoms with Gasteiger partial charge in [-0.25, -0.2) is 0 Å². The maximum Gasteiger partial charge on any atom is 0.237 e. The van der Waals surface area contributed by atoms with Crippen LogP contribution in [0.4, 0.5) is 0 Å². The Kier molecular flexibility index (Phi) is 5.92. The van der Waals surface area contributed by atoms with Gasteiger partial charge in [0.05, 0.1) is 6.54 Å². The predicted octanol–water partition coefficient (Wildman–Crippen LogP) is 0.927. The Labute approximate surface area is 105 Å². The van der Waals surface area contributed by atoms with Gasteiger partial charge in [0.15, 0.2) is 0 Å². The zero-order valence-corrected chi connectivity index (χ0v) is 11.7. The van der Waals surface area contributed by atoms with Crippen molar-refractivity contribution < 1.29 is 4.79 Å². The van der Waals surface area contributed by atoms with E-state index in [4.69, 9.17) is 0 Å². The molecule has 0 saturated carbocycles. The number of carbonyl (C=O) groups excluding carboxylic acids is 1. The Hall–Kier alpha value is -0.610. The summed E-state index contributed by atoms with van der Waals surface area (Å²) in [6, 6.07) is 0.809. The summed E-state index contributed by atoms with van der Waals surface area (Å²) in [5, 5.41) is 3.22. The summed E-state index contributed by atoms with van der Waals surface area (Å²) in [6.45, 7) is 6.64. The van der Waals surface area contributed by atoms with Crippen molar-refractivity contribution in [2.45, 2.75) is 45.2 Å². The van der Waals surface area contributed by atoms with E-state index >= 15 is 0 Å². The van der Waals surface area contributed by atoms with Crippen LogP contribution in [0, 0.1) is 0 Å². The van der Waals surface area contributed by atoms with E-state index in [2.05, 4.69) is 29.0 Å². The van der Waals surface area contributed by atoms with Gasteiger partial charge in [-0.3, -0.25) is 4.79 Å². The molecular formula is C13H27N3O. The fourth-order valence-electron chi connectivity index (χ4n) is 2.50. The summed E-state index contributed by atoms with van der Waals surface area (Å²) in [7, 11) is 4.08. The van der Waals surface area contributed by atoms with Crippen molar-refractivity contribution in [1.29, 1.82) is 0 Å². The van der Waals surface area contributed by atoms with Gasteiger partial charge in [0.1, 0.15) is 0 Å². The smallest absolute Gasteiger partial charge is 0.237 e. The molecule has 4 heteroatoms. The first-order chi connectivity index (χ1) is 8.02. The first-order valence-corrected chi connectivity index (χ1v) is 6.69. The molecule has 0 aromatic rings. The minimum absolute atomic E-state index is 0.253.